The first-order chi connectivity index (χ1) is 12.7. The third kappa shape index (κ3) is 4.73. The van der Waals surface area contributed by atoms with Gasteiger partial charge in [0.05, 0.1) is 18.5 Å². The van der Waals surface area contributed by atoms with Crippen LogP contribution in [0.3, 0.4) is 0 Å². The topological polar surface area (TPSA) is 80.5 Å². The van der Waals surface area contributed by atoms with Crippen molar-refractivity contribution in [1.29, 1.82) is 0 Å². The fourth-order valence-electron chi connectivity index (χ4n) is 2.88. The van der Waals surface area contributed by atoms with E-state index >= 15 is 0 Å². The number of amides is 1. The summed E-state index contributed by atoms with van der Waals surface area (Å²) in [6, 6.07) is 11.2. The van der Waals surface area contributed by atoms with Gasteiger partial charge in [-0.2, -0.15) is 0 Å². The molecule has 1 aliphatic rings. The fraction of sp³-hybridized carbons (Fsp3) is 0.400. The summed E-state index contributed by atoms with van der Waals surface area (Å²) in [5.41, 5.74) is 7.19. The normalized spacial score (nSPS) is 16.5. The molecular weight excluding hydrogens is 328 g/mol. The molecule has 6 nitrogen and oxygen atoms in total. The maximum Gasteiger partial charge on any atom is 0.255 e. The highest BCUT2D eigenvalue weighted by Crippen LogP contribution is 2.19. The molecule has 0 bridgehead atoms. The van der Waals surface area contributed by atoms with Crippen molar-refractivity contribution >= 4 is 17.4 Å². The van der Waals surface area contributed by atoms with Crippen molar-refractivity contribution < 1.29 is 9.53 Å². The lowest BCUT2D eigenvalue weighted by Crippen LogP contribution is -2.26. The van der Waals surface area contributed by atoms with Gasteiger partial charge < -0.3 is 20.7 Å². The number of rotatable bonds is 7. The molecule has 2 heterocycles. The van der Waals surface area contributed by atoms with Crippen LogP contribution < -0.4 is 20.7 Å². The smallest absolute Gasteiger partial charge is 0.255 e. The van der Waals surface area contributed by atoms with E-state index < -0.39 is 0 Å². The SMILES string of the molecule is CCCCOc1ccc(C(=O)Nc2ccc(N3CC[C@@H](N)C3)nc2)cc1. The van der Waals surface area contributed by atoms with Crippen molar-refractivity contribution in [2.24, 2.45) is 5.73 Å². The zero-order valence-corrected chi connectivity index (χ0v) is 15.1. The van der Waals surface area contributed by atoms with Gasteiger partial charge in [-0.1, -0.05) is 13.3 Å². The van der Waals surface area contributed by atoms with Gasteiger partial charge in [0.25, 0.3) is 5.91 Å². The second kappa shape index (κ2) is 8.67. The van der Waals surface area contributed by atoms with Crippen LogP contribution in [0, 0.1) is 0 Å². The first-order valence-corrected chi connectivity index (χ1v) is 9.16. The Labute approximate surface area is 154 Å². The number of hydrogen-bond acceptors (Lipinski definition) is 5. The molecule has 0 spiro atoms. The lowest BCUT2D eigenvalue weighted by molar-refractivity contribution is 0.102. The van der Waals surface area contributed by atoms with Crippen LogP contribution in [0.25, 0.3) is 0 Å². The van der Waals surface area contributed by atoms with E-state index in [0.29, 0.717) is 17.9 Å². The molecule has 1 fully saturated rings. The number of ether oxygens (including phenoxy) is 1. The summed E-state index contributed by atoms with van der Waals surface area (Å²) in [6.45, 7) is 4.57. The number of pyridine rings is 1. The number of hydrogen-bond donors (Lipinski definition) is 2. The molecule has 1 saturated heterocycles. The van der Waals surface area contributed by atoms with Gasteiger partial charge in [0.15, 0.2) is 0 Å². The maximum absolute atomic E-state index is 12.4. The maximum atomic E-state index is 12.4. The van der Waals surface area contributed by atoms with E-state index in [2.05, 4.69) is 22.1 Å². The predicted molar refractivity (Wildman–Crippen MR) is 104 cm³/mol. The number of benzene rings is 1. The predicted octanol–water partition coefficient (Wildman–Crippen LogP) is 3.05. The summed E-state index contributed by atoms with van der Waals surface area (Å²) in [5, 5.41) is 2.87. The monoisotopic (exact) mass is 354 g/mol. The molecular formula is C20H26N4O2. The molecule has 2 aromatic rings. The second-order valence-electron chi connectivity index (χ2n) is 6.58. The lowest BCUT2D eigenvalue weighted by atomic mass is 10.2. The molecule has 3 rings (SSSR count). The van der Waals surface area contributed by atoms with Crippen LogP contribution >= 0.6 is 0 Å². The molecule has 6 heteroatoms. The van der Waals surface area contributed by atoms with Crippen LogP contribution in [0.5, 0.6) is 5.75 Å². The Kier molecular flexibility index (Phi) is 6.07. The van der Waals surface area contributed by atoms with E-state index in [4.69, 9.17) is 10.5 Å². The molecule has 0 aliphatic carbocycles. The van der Waals surface area contributed by atoms with Gasteiger partial charge in [-0.15, -0.1) is 0 Å². The Bertz CT molecular complexity index is 716. The average molecular weight is 354 g/mol. The van der Waals surface area contributed by atoms with E-state index in [1.54, 1.807) is 18.3 Å². The van der Waals surface area contributed by atoms with Crippen molar-refractivity contribution in [2.75, 3.05) is 29.9 Å². The number of aromatic nitrogens is 1. The minimum Gasteiger partial charge on any atom is -0.494 e. The quantitative estimate of drug-likeness (QED) is 0.747. The molecule has 3 N–H and O–H groups in total. The molecule has 0 saturated carbocycles. The zero-order valence-electron chi connectivity index (χ0n) is 15.1. The summed E-state index contributed by atoms with van der Waals surface area (Å²) in [6.07, 6.45) is 4.78. The van der Waals surface area contributed by atoms with Crippen molar-refractivity contribution in [3.05, 3.63) is 48.2 Å². The van der Waals surface area contributed by atoms with Crippen LogP contribution in [0.1, 0.15) is 36.5 Å². The van der Waals surface area contributed by atoms with Gasteiger partial charge in [0, 0.05) is 24.7 Å². The second-order valence-corrected chi connectivity index (χ2v) is 6.58. The highest BCUT2D eigenvalue weighted by atomic mass is 16.5. The molecule has 138 valence electrons. The first-order valence-electron chi connectivity index (χ1n) is 9.16. The van der Waals surface area contributed by atoms with Gasteiger partial charge in [-0.25, -0.2) is 4.98 Å². The van der Waals surface area contributed by atoms with E-state index in [0.717, 1.165) is 43.9 Å². The van der Waals surface area contributed by atoms with Crippen molar-refractivity contribution in [3.8, 4) is 5.75 Å². The Hall–Kier alpha value is -2.60. The average Bonchev–Trinajstić information content (AvgIpc) is 3.09. The third-order valence-corrected chi connectivity index (χ3v) is 4.44. The van der Waals surface area contributed by atoms with Crippen LogP contribution in [-0.2, 0) is 0 Å². The molecule has 26 heavy (non-hydrogen) atoms. The number of carbonyl (C=O) groups is 1. The highest BCUT2D eigenvalue weighted by Gasteiger charge is 2.20. The number of nitrogens with zero attached hydrogens (tertiary/aromatic N) is 2. The van der Waals surface area contributed by atoms with Crippen LogP contribution in [0.4, 0.5) is 11.5 Å². The van der Waals surface area contributed by atoms with Crippen molar-refractivity contribution in [2.45, 2.75) is 32.2 Å². The highest BCUT2D eigenvalue weighted by molar-refractivity contribution is 6.04. The van der Waals surface area contributed by atoms with Gasteiger partial charge in [-0.05, 0) is 49.2 Å². The van der Waals surface area contributed by atoms with E-state index in [9.17, 15) is 4.79 Å². The summed E-state index contributed by atoms with van der Waals surface area (Å²) in [7, 11) is 0. The molecule has 0 radical (unpaired) electrons. The molecule has 0 unspecified atom stereocenters. The van der Waals surface area contributed by atoms with E-state index in [1.165, 1.54) is 0 Å². The van der Waals surface area contributed by atoms with Gasteiger partial charge >= 0.3 is 0 Å². The standard InChI is InChI=1S/C20H26N4O2/c1-2-3-12-26-18-7-4-15(5-8-18)20(25)23-17-6-9-19(22-13-17)24-11-10-16(21)14-24/h4-9,13,16H,2-3,10-12,14,21H2,1H3,(H,23,25)/t16-/m1/s1. The summed E-state index contributed by atoms with van der Waals surface area (Å²) < 4.78 is 5.61. The Balaban J connectivity index is 1.55. The minimum absolute atomic E-state index is 0.164. The Morgan fingerprint density at radius 1 is 1.31 bits per heavy atom. The number of anilines is 2. The molecule has 1 aliphatic heterocycles. The summed E-state index contributed by atoms with van der Waals surface area (Å²) in [5.74, 6) is 1.51. The number of nitrogens with one attached hydrogen (secondary N) is 1. The Morgan fingerprint density at radius 2 is 2.12 bits per heavy atom. The number of unbranched alkanes of at least 4 members (excludes halogenated alkanes) is 1. The largest absolute Gasteiger partial charge is 0.494 e. The summed E-state index contributed by atoms with van der Waals surface area (Å²) in [4.78, 5) is 19.0. The number of carbonyl (C=O) groups excluding carboxylic acids is 1. The zero-order chi connectivity index (χ0) is 18.4. The van der Waals surface area contributed by atoms with E-state index in [1.807, 2.05) is 24.3 Å². The van der Waals surface area contributed by atoms with Gasteiger partial charge in [0.2, 0.25) is 0 Å². The lowest BCUT2D eigenvalue weighted by Gasteiger charge is -2.17. The van der Waals surface area contributed by atoms with Gasteiger partial charge in [-0.3, -0.25) is 4.79 Å². The fourth-order valence-corrected chi connectivity index (χ4v) is 2.88. The first kappa shape index (κ1) is 18.2. The van der Waals surface area contributed by atoms with Gasteiger partial charge in [0.1, 0.15) is 11.6 Å². The molecule has 1 aromatic heterocycles. The van der Waals surface area contributed by atoms with Crippen LogP contribution in [-0.4, -0.2) is 36.6 Å². The number of nitrogens with two attached hydrogens (primary N) is 1. The minimum atomic E-state index is -0.164. The van der Waals surface area contributed by atoms with Crippen LogP contribution in [0.15, 0.2) is 42.6 Å². The van der Waals surface area contributed by atoms with Crippen molar-refractivity contribution in [1.82, 2.24) is 4.98 Å². The Morgan fingerprint density at radius 3 is 2.73 bits per heavy atom. The summed E-state index contributed by atoms with van der Waals surface area (Å²) >= 11 is 0. The van der Waals surface area contributed by atoms with Crippen molar-refractivity contribution in [3.63, 3.8) is 0 Å². The van der Waals surface area contributed by atoms with Crippen LogP contribution in [0.2, 0.25) is 0 Å². The third-order valence-electron chi connectivity index (χ3n) is 4.44. The van der Waals surface area contributed by atoms with E-state index in [-0.39, 0.29) is 11.9 Å². The molecule has 1 amide bonds. The molecule has 1 atom stereocenters. The molecule has 1 aromatic carbocycles.